The van der Waals surface area contributed by atoms with Gasteiger partial charge in [0.05, 0.1) is 16.1 Å². The highest BCUT2D eigenvalue weighted by Gasteiger charge is 2.16. The number of hydrogen-bond acceptors (Lipinski definition) is 10. The van der Waals surface area contributed by atoms with Gasteiger partial charge >= 0.3 is 5.97 Å². The minimum Gasteiger partial charge on any atom is -0.369 e. The topological polar surface area (TPSA) is 145 Å². The van der Waals surface area contributed by atoms with E-state index >= 15 is 0 Å². The minimum absolute atomic E-state index is 0.0714. The molecule has 11 heteroatoms. The Bertz CT molecular complexity index is 1330. The fourth-order valence-electron chi connectivity index (χ4n) is 3.22. The summed E-state index contributed by atoms with van der Waals surface area (Å²) < 4.78 is 0. The van der Waals surface area contributed by atoms with Gasteiger partial charge in [-0.1, -0.05) is 25.1 Å². The Morgan fingerprint density at radius 3 is 2.68 bits per heavy atom. The Morgan fingerprint density at radius 2 is 1.91 bits per heavy atom. The Labute approximate surface area is 194 Å². The lowest BCUT2D eigenvalue weighted by atomic mass is 10.1. The van der Waals surface area contributed by atoms with Crippen LogP contribution in [0.5, 0.6) is 0 Å². The van der Waals surface area contributed by atoms with E-state index in [-0.39, 0.29) is 18.1 Å². The average molecular weight is 459 g/mol. The predicted molar refractivity (Wildman–Crippen MR) is 125 cm³/mol. The van der Waals surface area contributed by atoms with Gasteiger partial charge in [0.15, 0.2) is 0 Å². The van der Waals surface area contributed by atoms with Crippen molar-refractivity contribution in [3.05, 3.63) is 82.6 Å². The zero-order valence-electron chi connectivity index (χ0n) is 18.3. The van der Waals surface area contributed by atoms with E-state index in [0.29, 0.717) is 24.5 Å². The first-order chi connectivity index (χ1) is 16.5. The van der Waals surface area contributed by atoms with Crippen LogP contribution in [0.2, 0.25) is 0 Å². The number of pyridine rings is 2. The molecule has 0 amide bonds. The Kier molecular flexibility index (Phi) is 6.94. The standard InChI is InChI=1S/C23H21N7O4/c1-2-15-12-27-22(29-21(15)17-11-16-5-3-4-6-19(16)25-13-17)23(31)34-28-10-9-24-20-8-7-18(14-26-20)30(32)33/h3-8,11-14,28H,2,9-10H2,1H3,(H,24,26). The molecule has 0 saturated heterocycles. The molecule has 0 radical (unpaired) electrons. The van der Waals surface area contributed by atoms with Gasteiger partial charge < -0.3 is 10.2 Å². The summed E-state index contributed by atoms with van der Waals surface area (Å²) in [6.45, 7) is 2.61. The molecular formula is C23H21N7O4. The largest absolute Gasteiger partial charge is 0.395 e. The zero-order valence-corrected chi connectivity index (χ0v) is 18.3. The Balaban J connectivity index is 1.37. The minimum atomic E-state index is -0.717. The maximum Gasteiger partial charge on any atom is 0.395 e. The van der Waals surface area contributed by atoms with Crippen molar-refractivity contribution in [1.29, 1.82) is 0 Å². The van der Waals surface area contributed by atoms with Gasteiger partial charge in [0.25, 0.3) is 5.69 Å². The summed E-state index contributed by atoms with van der Waals surface area (Å²) in [5, 5.41) is 14.6. The third-order valence-corrected chi connectivity index (χ3v) is 4.95. The third-order valence-electron chi connectivity index (χ3n) is 4.95. The van der Waals surface area contributed by atoms with E-state index < -0.39 is 10.9 Å². The normalized spacial score (nSPS) is 10.7. The number of carbonyl (C=O) groups is 1. The quantitative estimate of drug-likeness (QED) is 0.217. The molecule has 4 rings (SSSR count). The van der Waals surface area contributed by atoms with Crippen LogP contribution in [0.25, 0.3) is 22.2 Å². The fraction of sp³-hybridized carbons (Fsp3) is 0.174. The summed E-state index contributed by atoms with van der Waals surface area (Å²) in [5.41, 5.74) is 5.65. The highest BCUT2D eigenvalue weighted by atomic mass is 16.7. The molecule has 172 valence electrons. The molecule has 0 spiro atoms. The number of hydroxylamine groups is 1. The summed E-state index contributed by atoms with van der Waals surface area (Å²) in [6.07, 6.45) is 5.21. The average Bonchev–Trinajstić information content (AvgIpc) is 2.88. The van der Waals surface area contributed by atoms with Crippen molar-refractivity contribution >= 4 is 28.4 Å². The smallest absolute Gasteiger partial charge is 0.369 e. The number of nitrogens with one attached hydrogen (secondary N) is 2. The summed E-state index contributed by atoms with van der Waals surface area (Å²) in [7, 11) is 0. The van der Waals surface area contributed by atoms with Crippen molar-refractivity contribution in [3.63, 3.8) is 0 Å². The number of fused-ring (bicyclic) bond motifs is 1. The molecule has 34 heavy (non-hydrogen) atoms. The van der Waals surface area contributed by atoms with E-state index in [4.69, 9.17) is 4.84 Å². The van der Waals surface area contributed by atoms with Crippen LogP contribution in [0.1, 0.15) is 23.1 Å². The van der Waals surface area contributed by atoms with Gasteiger partial charge in [-0.3, -0.25) is 15.1 Å². The van der Waals surface area contributed by atoms with Crippen LogP contribution in [0.15, 0.2) is 61.1 Å². The van der Waals surface area contributed by atoms with Crippen LogP contribution in [0, 0.1) is 10.1 Å². The first kappa shape index (κ1) is 22.7. The number of nitro groups is 1. The zero-order chi connectivity index (χ0) is 23.9. The molecule has 11 nitrogen and oxygen atoms in total. The molecule has 3 heterocycles. The Morgan fingerprint density at radius 1 is 1.06 bits per heavy atom. The van der Waals surface area contributed by atoms with Crippen molar-refractivity contribution in [2.75, 3.05) is 18.4 Å². The fourth-order valence-corrected chi connectivity index (χ4v) is 3.22. The molecule has 3 aromatic heterocycles. The van der Waals surface area contributed by atoms with E-state index in [9.17, 15) is 14.9 Å². The van der Waals surface area contributed by atoms with E-state index in [0.717, 1.165) is 28.2 Å². The van der Waals surface area contributed by atoms with Crippen LogP contribution >= 0.6 is 0 Å². The predicted octanol–water partition coefficient (Wildman–Crippen LogP) is 3.33. The van der Waals surface area contributed by atoms with Gasteiger partial charge in [0, 0.05) is 42.5 Å². The molecule has 0 aliphatic rings. The summed E-state index contributed by atoms with van der Waals surface area (Å²) in [4.78, 5) is 44.7. The Hall–Kier alpha value is -4.51. The van der Waals surface area contributed by atoms with Crippen LogP contribution in [-0.4, -0.2) is 43.9 Å². The summed E-state index contributed by atoms with van der Waals surface area (Å²) in [6, 6.07) is 12.6. The second-order valence-electron chi connectivity index (χ2n) is 7.21. The second-order valence-corrected chi connectivity index (χ2v) is 7.21. The molecule has 0 bridgehead atoms. The molecule has 0 unspecified atom stereocenters. The molecule has 4 aromatic rings. The number of benzene rings is 1. The highest BCUT2D eigenvalue weighted by molar-refractivity contribution is 5.87. The molecule has 0 atom stereocenters. The van der Waals surface area contributed by atoms with Gasteiger partial charge in [-0.05, 0) is 30.2 Å². The lowest BCUT2D eigenvalue weighted by molar-refractivity contribution is -0.385. The molecule has 0 fully saturated rings. The van der Waals surface area contributed by atoms with Gasteiger partial charge in [0.2, 0.25) is 5.82 Å². The lowest BCUT2D eigenvalue weighted by Gasteiger charge is -2.10. The van der Waals surface area contributed by atoms with Crippen molar-refractivity contribution < 1.29 is 14.6 Å². The van der Waals surface area contributed by atoms with E-state index in [1.54, 1.807) is 12.4 Å². The molecule has 2 N–H and O–H groups in total. The van der Waals surface area contributed by atoms with Crippen molar-refractivity contribution in [2.24, 2.45) is 0 Å². The lowest BCUT2D eigenvalue weighted by Crippen LogP contribution is -2.27. The molecule has 1 aromatic carbocycles. The maximum absolute atomic E-state index is 12.5. The van der Waals surface area contributed by atoms with E-state index in [2.05, 4.69) is 30.7 Å². The number of hydrogen-bond donors (Lipinski definition) is 2. The van der Waals surface area contributed by atoms with E-state index in [1.165, 1.54) is 12.1 Å². The highest BCUT2D eigenvalue weighted by Crippen LogP contribution is 2.24. The van der Waals surface area contributed by atoms with Gasteiger partial charge in [-0.25, -0.2) is 19.7 Å². The number of rotatable bonds is 9. The van der Waals surface area contributed by atoms with Crippen molar-refractivity contribution in [2.45, 2.75) is 13.3 Å². The summed E-state index contributed by atoms with van der Waals surface area (Å²) >= 11 is 0. The number of nitrogens with zero attached hydrogens (tertiary/aromatic N) is 5. The van der Waals surface area contributed by atoms with Crippen LogP contribution < -0.4 is 10.8 Å². The van der Waals surface area contributed by atoms with Crippen LogP contribution in [-0.2, 0) is 11.3 Å². The number of aromatic nitrogens is 4. The van der Waals surface area contributed by atoms with Crippen LogP contribution in [0.4, 0.5) is 11.5 Å². The maximum atomic E-state index is 12.5. The number of para-hydroxylation sites is 1. The molecule has 0 aliphatic carbocycles. The second kappa shape index (κ2) is 10.4. The molecule has 0 aliphatic heterocycles. The molecule has 0 saturated carbocycles. The number of carbonyl (C=O) groups excluding carboxylic acids is 1. The monoisotopic (exact) mass is 459 g/mol. The summed E-state index contributed by atoms with van der Waals surface area (Å²) in [5.74, 6) is -0.324. The van der Waals surface area contributed by atoms with Gasteiger partial charge in [0.1, 0.15) is 12.0 Å². The van der Waals surface area contributed by atoms with Gasteiger partial charge in [-0.2, -0.15) is 5.48 Å². The number of aryl methyl sites for hydroxylation is 1. The van der Waals surface area contributed by atoms with E-state index in [1.807, 2.05) is 37.3 Å². The van der Waals surface area contributed by atoms with Gasteiger partial charge in [-0.15, -0.1) is 0 Å². The third kappa shape index (κ3) is 5.27. The van der Waals surface area contributed by atoms with Crippen LogP contribution in [0.3, 0.4) is 0 Å². The molecular weight excluding hydrogens is 438 g/mol. The van der Waals surface area contributed by atoms with Crippen molar-refractivity contribution in [3.8, 4) is 11.3 Å². The number of anilines is 1. The first-order valence-electron chi connectivity index (χ1n) is 10.5. The SMILES string of the molecule is CCc1cnc(C(=O)ONCCNc2ccc([N+](=O)[O-])cn2)nc1-c1cnc2ccccc2c1. The first-order valence-corrected chi connectivity index (χ1v) is 10.5. The van der Waals surface area contributed by atoms with Crippen molar-refractivity contribution in [1.82, 2.24) is 25.4 Å².